The number of pyridine rings is 1. The second kappa shape index (κ2) is 5.99. The van der Waals surface area contributed by atoms with E-state index in [1.807, 2.05) is 6.07 Å². The Labute approximate surface area is 111 Å². The van der Waals surface area contributed by atoms with Gasteiger partial charge in [-0.1, -0.05) is 6.07 Å². The molecule has 1 aliphatic carbocycles. The van der Waals surface area contributed by atoms with Gasteiger partial charge in [0.1, 0.15) is 11.9 Å². The highest BCUT2D eigenvalue weighted by Crippen LogP contribution is 2.31. The molecule has 1 radical (unpaired) electrons. The summed E-state index contributed by atoms with van der Waals surface area (Å²) in [6.07, 6.45) is 1.02. The number of anilines is 1. The number of hydrogen-bond acceptors (Lipinski definition) is 5. The van der Waals surface area contributed by atoms with Crippen LogP contribution in [0.3, 0.4) is 0 Å². The molecule has 1 heterocycles. The lowest BCUT2D eigenvalue weighted by molar-refractivity contribution is -0.119. The zero-order valence-electron chi connectivity index (χ0n) is 10.5. The Morgan fingerprint density at radius 1 is 1.42 bits per heavy atom. The predicted molar refractivity (Wildman–Crippen MR) is 69.1 cm³/mol. The summed E-state index contributed by atoms with van der Waals surface area (Å²) in [6, 6.07) is 5.15. The highest BCUT2D eigenvalue weighted by Gasteiger charge is 2.41. The lowest BCUT2D eigenvalue weighted by Gasteiger charge is -2.18. The van der Waals surface area contributed by atoms with Crippen LogP contribution in [0.2, 0.25) is 0 Å². The number of rotatable bonds is 5. The molecule has 0 spiro atoms. The first kappa shape index (κ1) is 13.8. The minimum absolute atomic E-state index is 0.116. The number of carbonyl (C=O) groups is 1. The van der Waals surface area contributed by atoms with Gasteiger partial charge in [0, 0.05) is 12.6 Å². The van der Waals surface area contributed by atoms with Crippen molar-refractivity contribution in [3.8, 4) is 0 Å². The second-order valence-electron chi connectivity index (χ2n) is 4.90. The van der Waals surface area contributed by atoms with Crippen molar-refractivity contribution < 1.29 is 15.0 Å². The van der Waals surface area contributed by atoms with Crippen molar-refractivity contribution in [1.29, 1.82) is 0 Å². The average molecular weight is 264 g/mol. The molecule has 4 N–H and O–H groups in total. The molecule has 103 valence electrons. The zero-order chi connectivity index (χ0) is 13.8. The van der Waals surface area contributed by atoms with Gasteiger partial charge in [0.2, 0.25) is 5.91 Å². The predicted octanol–water partition coefficient (Wildman–Crippen LogP) is 0.193. The molecule has 1 fully saturated rings. The summed E-state index contributed by atoms with van der Waals surface area (Å²) in [5.41, 5.74) is 6.88. The molecule has 1 amide bonds. The van der Waals surface area contributed by atoms with E-state index in [-0.39, 0.29) is 18.4 Å². The number of carbonyl (C=O) groups excluding carboxylic acids is 1. The molecule has 0 aromatic carbocycles. The SMILES string of the molecule is [NH]C(=O)CCC1CC(Nc2ccccn2)C(O)C1O. The van der Waals surface area contributed by atoms with E-state index in [1.165, 1.54) is 0 Å². The number of aliphatic hydroxyl groups excluding tert-OH is 2. The topological polar surface area (TPSA) is 106 Å². The minimum atomic E-state index is -0.882. The van der Waals surface area contributed by atoms with E-state index < -0.39 is 18.1 Å². The zero-order valence-corrected chi connectivity index (χ0v) is 10.5. The molecule has 4 unspecified atom stereocenters. The van der Waals surface area contributed by atoms with Gasteiger partial charge in [0.05, 0.1) is 12.1 Å². The minimum Gasteiger partial charge on any atom is -0.390 e. The lowest BCUT2D eigenvalue weighted by Crippen LogP contribution is -2.35. The van der Waals surface area contributed by atoms with Gasteiger partial charge in [-0.3, -0.25) is 10.5 Å². The van der Waals surface area contributed by atoms with Gasteiger partial charge in [-0.2, -0.15) is 0 Å². The third-order valence-electron chi connectivity index (χ3n) is 3.54. The van der Waals surface area contributed by atoms with Crippen molar-refractivity contribution >= 4 is 11.7 Å². The molecular formula is C13H18N3O3. The molecule has 6 nitrogen and oxygen atoms in total. The highest BCUT2D eigenvalue weighted by atomic mass is 16.3. The van der Waals surface area contributed by atoms with Gasteiger partial charge in [0.15, 0.2) is 0 Å². The van der Waals surface area contributed by atoms with E-state index in [0.717, 1.165) is 0 Å². The fraction of sp³-hybridized carbons (Fsp3) is 0.538. The first-order valence-electron chi connectivity index (χ1n) is 6.36. The summed E-state index contributed by atoms with van der Waals surface area (Å²) < 4.78 is 0. The van der Waals surface area contributed by atoms with E-state index >= 15 is 0 Å². The van der Waals surface area contributed by atoms with Crippen LogP contribution in [0, 0.1) is 5.92 Å². The summed E-state index contributed by atoms with van der Waals surface area (Å²) in [4.78, 5) is 14.8. The molecule has 0 bridgehead atoms. The number of amides is 1. The average Bonchev–Trinajstić information content (AvgIpc) is 2.66. The summed E-state index contributed by atoms with van der Waals surface area (Å²) in [7, 11) is 0. The van der Waals surface area contributed by atoms with E-state index in [9.17, 15) is 15.0 Å². The number of nitrogens with one attached hydrogen (secondary N) is 2. The highest BCUT2D eigenvalue weighted by molar-refractivity contribution is 5.72. The van der Waals surface area contributed by atoms with Gasteiger partial charge in [-0.15, -0.1) is 0 Å². The van der Waals surface area contributed by atoms with Crippen molar-refractivity contribution in [2.75, 3.05) is 5.32 Å². The van der Waals surface area contributed by atoms with E-state index in [2.05, 4.69) is 10.3 Å². The van der Waals surface area contributed by atoms with E-state index in [0.29, 0.717) is 18.7 Å². The van der Waals surface area contributed by atoms with E-state index in [4.69, 9.17) is 5.73 Å². The standard InChI is InChI=1S/C13H18N3O3/c14-10(17)5-4-8-7-9(13(19)12(8)18)16-11-3-1-2-6-15-11/h1-3,6,8-9,12-14,18-19H,4-5,7H2,(H,15,16). The fourth-order valence-corrected chi connectivity index (χ4v) is 2.51. The van der Waals surface area contributed by atoms with Crippen LogP contribution < -0.4 is 11.1 Å². The van der Waals surface area contributed by atoms with Crippen LogP contribution in [-0.2, 0) is 4.79 Å². The first-order valence-corrected chi connectivity index (χ1v) is 6.36. The Morgan fingerprint density at radius 3 is 2.84 bits per heavy atom. The van der Waals surface area contributed by atoms with Gasteiger partial charge in [-0.25, -0.2) is 4.98 Å². The maximum atomic E-state index is 10.7. The van der Waals surface area contributed by atoms with Crippen molar-refractivity contribution in [2.24, 2.45) is 5.92 Å². The monoisotopic (exact) mass is 264 g/mol. The maximum Gasteiger partial charge on any atom is 0.238 e. The van der Waals surface area contributed by atoms with Crippen molar-refractivity contribution in [1.82, 2.24) is 10.7 Å². The van der Waals surface area contributed by atoms with Crippen molar-refractivity contribution in [2.45, 2.75) is 37.5 Å². The van der Waals surface area contributed by atoms with Crippen molar-refractivity contribution in [3.05, 3.63) is 24.4 Å². The Morgan fingerprint density at radius 2 is 2.21 bits per heavy atom. The third-order valence-corrected chi connectivity index (χ3v) is 3.54. The largest absolute Gasteiger partial charge is 0.390 e. The van der Waals surface area contributed by atoms with Crippen molar-refractivity contribution in [3.63, 3.8) is 0 Å². The smallest absolute Gasteiger partial charge is 0.238 e. The van der Waals surface area contributed by atoms with Gasteiger partial charge in [-0.05, 0) is 30.9 Å². The molecule has 6 heteroatoms. The quantitative estimate of drug-likeness (QED) is 0.704. The normalized spacial score (nSPS) is 30.2. The summed E-state index contributed by atoms with van der Waals surface area (Å²) in [5, 5.41) is 23.0. The molecule has 2 rings (SSSR count). The summed E-state index contributed by atoms with van der Waals surface area (Å²) in [5.74, 6) is -0.149. The Kier molecular flexibility index (Phi) is 4.34. The lowest BCUT2D eigenvalue weighted by atomic mass is 9.99. The van der Waals surface area contributed by atoms with Gasteiger partial charge in [0.25, 0.3) is 0 Å². The number of nitrogens with zero attached hydrogens (tertiary/aromatic N) is 1. The Hall–Kier alpha value is -1.66. The van der Waals surface area contributed by atoms with Crippen LogP contribution in [-0.4, -0.2) is 39.4 Å². The molecule has 1 aromatic heterocycles. The molecule has 4 atom stereocenters. The molecule has 1 saturated carbocycles. The molecule has 19 heavy (non-hydrogen) atoms. The molecule has 1 aromatic rings. The van der Waals surface area contributed by atoms with Crippen LogP contribution in [0.25, 0.3) is 0 Å². The first-order chi connectivity index (χ1) is 9.08. The fourth-order valence-electron chi connectivity index (χ4n) is 2.51. The van der Waals surface area contributed by atoms with Crippen LogP contribution in [0.1, 0.15) is 19.3 Å². The van der Waals surface area contributed by atoms with Crippen LogP contribution >= 0.6 is 0 Å². The third kappa shape index (κ3) is 3.42. The van der Waals surface area contributed by atoms with E-state index in [1.54, 1.807) is 18.3 Å². The second-order valence-corrected chi connectivity index (χ2v) is 4.90. The molecule has 1 aliphatic rings. The Bertz CT molecular complexity index is 426. The molecular weight excluding hydrogens is 246 g/mol. The molecule has 0 aliphatic heterocycles. The van der Waals surface area contributed by atoms with Crippen LogP contribution in [0.4, 0.5) is 5.82 Å². The van der Waals surface area contributed by atoms with Gasteiger partial charge < -0.3 is 15.5 Å². The van der Waals surface area contributed by atoms with Crippen LogP contribution in [0.5, 0.6) is 0 Å². The summed E-state index contributed by atoms with van der Waals surface area (Å²) >= 11 is 0. The number of hydrogen-bond donors (Lipinski definition) is 3. The number of aliphatic hydroxyl groups is 2. The summed E-state index contributed by atoms with van der Waals surface area (Å²) in [6.45, 7) is 0. The maximum absolute atomic E-state index is 10.7. The van der Waals surface area contributed by atoms with Gasteiger partial charge >= 0.3 is 0 Å². The molecule has 0 saturated heterocycles. The van der Waals surface area contributed by atoms with Crippen LogP contribution in [0.15, 0.2) is 24.4 Å². The number of aromatic nitrogens is 1. The Balaban J connectivity index is 1.94.